The van der Waals surface area contributed by atoms with Crippen molar-refractivity contribution in [1.29, 1.82) is 0 Å². The van der Waals surface area contributed by atoms with Crippen LogP contribution < -0.4 is 0 Å². The Morgan fingerprint density at radius 3 is 2.53 bits per heavy atom. The molecule has 1 aromatic rings. The van der Waals surface area contributed by atoms with Gasteiger partial charge in [0.05, 0.1) is 10.9 Å². The minimum Gasteiger partial charge on any atom is -0.206 e. The van der Waals surface area contributed by atoms with Crippen LogP contribution in [0, 0.1) is 5.82 Å². The van der Waals surface area contributed by atoms with E-state index < -0.39 is 17.6 Å². The third-order valence-electron chi connectivity index (χ3n) is 3.20. The van der Waals surface area contributed by atoms with Gasteiger partial charge in [-0.25, -0.2) is 4.39 Å². The van der Waals surface area contributed by atoms with E-state index in [9.17, 15) is 17.6 Å². The summed E-state index contributed by atoms with van der Waals surface area (Å²) in [7, 11) is 0. The summed E-state index contributed by atoms with van der Waals surface area (Å²) in [5, 5.41) is -0.136. The lowest BCUT2D eigenvalue weighted by molar-refractivity contribution is -0.140. The molecule has 0 nitrogen and oxygen atoms in total. The molecule has 0 aromatic heterocycles. The average molecular weight is 293 g/mol. The van der Waals surface area contributed by atoms with Crippen LogP contribution in [0.5, 0.6) is 0 Å². The average Bonchev–Trinajstić information content (AvgIpc) is 2.52. The van der Waals surface area contributed by atoms with Crippen LogP contribution in [-0.2, 0) is 6.18 Å². The van der Waals surface area contributed by atoms with Crippen molar-refractivity contribution in [2.45, 2.75) is 37.2 Å². The van der Waals surface area contributed by atoms with Crippen LogP contribution in [0.1, 0.15) is 36.8 Å². The molecule has 0 spiro atoms. The summed E-state index contributed by atoms with van der Waals surface area (Å²) >= 11 is 6.06. The fraction of sp³-hybridized carbons (Fsp3) is 0.429. The standard InChI is InChI=1S/C14H13ClF4/c15-11-4-2-1-3-9(7-11)10-5-6-12(13(16)8-10)14(17,18)19/h5-8,11H,1-4H2. The molecule has 1 unspecified atom stereocenters. The summed E-state index contributed by atoms with van der Waals surface area (Å²) in [6.45, 7) is 0. The van der Waals surface area contributed by atoms with E-state index in [2.05, 4.69) is 0 Å². The number of hydrogen-bond donors (Lipinski definition) is 0. The summed E-state index contributed by atoms with van der Waals surface area (Å²) in [5.74, 6) is -1.23. The van der Waals surface area contributed by atoms with Gasteiger partial charge in [0.15, 0.2) is 0 Å². The first-order valence-corrected chi connectivity index (χ1v) is 6.53. The molecule has 0 saturated heterocycles. The lowest BCUT2D eigenvalue weighted by Crippen LogP contribution is -2.08. The van der Waals surface area contributed by atoms with E-state index in [1.165, 1.54) is 6.07 Å². The molecule has 0 N–H and O–H groups in total. The van der Waals surface area contributed by atoms with E-state index in [1.54, 1.807) is 0 Å². The zero-order chi connectivity index (χ0) is 14.0. The van der Waals surface area contributed by atoms with Crippen molar-refractivity contribution in [3.8, 4) is 0 Å². The van der Waals surface area contributed by atoms with Gasteiger partial charge < -0.3 is 0 Å². The molecule has 104 valence electrons. The largest absolute Gasteiger partial charge is 0.419 e. The van der Waals surface area contributed by atoms with Crippen LogP contribution in [0.15, 0.2) is 24.3 Å². The molecular formula is C14H13ClF4. The number of alkyl halides is 4. The lowest BCUT2D eigenvalue weighted by atomic mass is 9.99. The molecular weight excluding hydrogens is 280 g/mol. The molecule has 0 bridgehead atoms. The Morgan fingerprint density at radius 2 is 1.89 bits per heavy atom. The SMILES string of the molecule is Fc1cc(C2=CC(Cl)CCCC2)ccc1C(F)(F)F. The zero-order valence-electron chi connectivity index (χ0n) is 10.1. The van der Waals surface area contributed by atoms with Gasteiger partial charge in [-0.1, -0.05) is 18.6 Å². The number of hydrogen-bond acceptors (Lipinski definition) is 0. The van der Waals surface area contributed by atoms with Gasteiger partial charge in [-0.15, -0.1) is 11.6 Å². The molecule has 0 aliphatic heterocycles. The Labute approximate surface area is 114 Å². The predicted octanol–water partition coefficient (Wildman–Crippen LogP) is 5.41. The highest BCUT2D eigenvalue weighted by Gasteiger charge is 2.34. The molecule has 0 radical (unpaired) electrons. The van der Waals surface area contributed by atoms with Crippen molar-refractivity contribution in [1.82, 2.24) is 0 Å². The lowest BCUT2D eigenvalue weighted by Gasteiger charge is -2.11. The summed E-state index contributed by atoms with van der Waals surface area (Å²) in [6.07, 6.45) is 0.600. The molecule has 0 heterocycles. The van der Waals surface area contributed by atoms with Crippen molar-refractivity contribution in [2.24, 2.45) is 0 Å². The van der Waals surface area contributed by atoms with Crippen molar-refractivity contribution >= 4 is 17.2 Å². The Hall–Kier alpha value is -1.03. The predicted molar refractivity (Wildman–Crippen MR) is 67.5 cm³/mol. The number of halogens is 5. The van der Waals surface area contributed by atoms with Crippen LogP contribution in [0.2, 0.25) is 0 Å². The number of benzene rings is 1. The summed E-state index contributed by atoms with van der Waals surface area (Å²) in [6, 6.07) is 3.05. The van der Waals surface area contributed by atoms with E-state index >= 15 is 0 Å². The van der Waals surface area contributed by atoms with Crippen LogP contribution in [0.4, 0.5) is 17.6 Å². The molecule has 1 aliphatic rings. The maximum Gasteiger partial charge on any atom is 0.419 e. The third-order valence-corrected chi connectivity index (χ3v) is 3.55. The van der Waals surface area contributed by atoms with Gasteiger partial charge in [-0.2, -0.15) is 13.2 Å². The monoisotopic (exact) mass is 292 g/mol. The van der Waals surface area contributed by atoms with Gasteiger partial charge in [0.25, 0.3) is 0 Å². The van der Waals surface area contributed by atoms with Crippen molar-refractivity contribution in [2.75, 3.05) is 0 Å². The Bertz CT molecular complexity index is 491. The first-order valence-electron chi connectivity index (χ1n) is 6.10. The van der Waals surface area contributed by atoms with Gasteiger partial charge >= 0.3 is 6.18 Å². The highest BCUT2D eigenvalue weighted by molar-refractivity contribution is 6.22. The second kappa shape index (κ2) is 5.53. The fourth-order valence-corrected chi connectivity index (χ4v) is 2.53. The minimum atomic E-state index is -4.66. The molecule has 0 saturated carbocycles. The summed E-state index contributed by atoms with van der Waals surface area (Å²) in [4.78, 5) is 0. The summed E-state index contributed by atoms with van der Waals surface area (Å²) < 4.78 is 50.9. The third kappa shape index (κ3) is 3.50. The van der Waals surface area contributed by atoms with E-state index in [4.69, 9.17) is 11.6 Å². The molecule has 2 rings (SSSR count). The first-order chi connectivity index (χ1) is 8.88. The van der Waals surface area contributed by atoms with Gasteiger partial charge in [0, 0.05) is 0 Å². The minimum absolute atomic E-state index is 0.136. The van der Waals surface area contributed by atoms with Crippen molar-refractivity contribution < 1.29 is 17.6 Å². The quantitative estimate of drug-likeness (QED) is 0.479. The van der Waals surface area contributed by atoms with E-state index in [-0.39, 0.29) is 5.38 Å². The van der Waals surface area contributed by atoms with Crippen molar-refractivity contribution in [3.05, 3.63) is 41.2 Å². The first kappa shape index (κ1) is 14.4. The molecule has 1 atom stereocenters. The number of rotatable bonds is 1. The van der Waals surface area contributed by atoms with Gasteiger partial charge in [0.1, 0.15) is 5.82 Å². The maximum absolute atomic E-state index is 13.5. The van der Waals surface area contributed by atoms with E-state index in [1.807, 2.05) is 6.08 Å². The van der Waals surface area contributed by atoms with Gasteiger partial charge in [0.2, 0.25) is 0 Å². The fourth-order valence-electron chi connectivity index (χ4n) is 2.23. The zero-order valence-corrected chi connectivity index (χ0v) is 10.9. The highest BCUT2D eigenvalue weighted by atomic mass is 35.5. The van der Waals surface area contributed by atoms with Crippen LogP contribution in [-0.4, -0.2) is 5.38 Å². The van der Waals surface area contributed by atoms with Gasteiger partial charge in [-0.05, 0) is 42.5 Å². The van der Waals surface area contributed by atoms with E-state index in [0.717, 1.165) is 37.0 Å². The van der Waals surface area contributed by atoms with E-state index in [0.29, 0.717) is 12.0 Å². The smallest absolute Gasteiger partial charge is 0.206 e. The summed E-state index contributed by atoms with van der Waals surface area (Å²) in [5.41, 5.74) is 0.0797. The normalized spacial score (nSPS) is 20.9. The molecule has 5 heteroatoms. The molecule has 1 aromatic carbocycles. The Morgan fingerprint density at radius 1 is 1.16 bits per heavy atom. The van der Waals surface area contributed by atoms with Gasteiger partial charge in [-0.3, -0.25) is 0 Å². The van der Waals surface area contributed by atoms with Crippen molar-refractivity contribution in [3.63, 3.8) is 0 Å². The Balaban J connectivity index is 2.34. The molecule has 0 fully saturated rings. The second-order valence-corrected chi connectivity index (χ2v) is 5.21. The van der Waals surface area contributed by atoms with Crippen LogP contribution in [0.25, 0.3) is 5.57 Å². The second-order valence-electron chi connectivity index (χ2n) is 4.65. The van der Waals surface area contributed by atoms with Crippen LogP contribution in [0.3, 0.4) is 0 Å². The number of allylic oxidation sites excluding steroid dienone is 2. The Kier molecular flexibility index (Phi) is 4.19. The maximum atomic E-state index is 13.5. The molecule has 0 amide bonds. The highest BCUT2D eigenvalue weighted by Crippen LogP contribution is 2.34. The topological polar surface area (TPSA) is 0 Å². The molecule has 19 heavy (non-hydrogen) atoms. The molecule has 1 aliphatic carbocycles. The van der Waals surface area contributed by atoms with Crippen LogP contribution >= 0.6 is 11.6 Å².